The maximum atomic E-state index is 11.0. The Morgan fingerprint density at radius 1 is 1.20 bits per heavy atom. The van der Waals surface area contributed by atoms with Gasteiger partial charge in [-0.3, -0.25) is 9.78 Å². The molecule has 4 heteroatoms. The van der Waals surface area contributed by atoms with Crippen LogP contribution in [0.1, 0.15) is 11.1 Å². The number of carbonyl (C=O) groups is 1. The van der Waals surface area contributed by atoms with E-state index in [1.54, 1.807) is 6.20 Å². The van der Waals surface area contributed by atoms with Gasteiger partial charge >= 0.3 is 5.97 Å². The summed E-state index contributed by atoms with van der Waals surface area (Å²) in [5, 5.41) is 10.0. The van der Waals surface area contributed by atoms with Crippen molar-refractivity contribution >= 4 is 16.9 Å². The van der Waals surface area contributed by atoms with Crippen LogP contribution in [0.5, 0.6) is 0 Å². The summed E-state index contributed by atoms with van der Waals surface area (Å²) in [5.41, 5.74) is 2.99. The standard InChI is InChI=1S/C16H14N2O2/c19-16(20)8-13-11-18(10-12-4-3-7-17-9-12)15-6-2-1-5-14(13)15/h1-7,9,11H,8,10H2,(H,19,20). The highest BCUT2D eigenvalue weighted by molar-refractivity contribution is 5.87. The lowest BCUT2D eigenvalue weighted by Gasteiger charge is -2.04. The van der Waals surface area contributed by atoms with E-state index in [4.69, 9.17) is 5.11 Å². The molecule has 2 aromatic heterocycles. The lowest BCUT2D eigenvalue weighted by molar-refractivity contribution is -0.136. The molecular weight excluding hydrogens is 252 g/mol. The predicted molar refractivity (Wildman–Crippen MR) is 76.6 cm³/mol. The van der Waals surface area contributed by atoms with Gasteiger partial charge in [0.1, 0.15) is 0 Å². The number of pyridine rings is 1. The Morgan fingerprint density at radius 3 is 2.80 bits per heavy atom. The Bertz CT molecular complexity index is 748. The number of fused-ring (bicyclic) bond motifs is 1. The zero-order valence-corrected chi connectivity index (χ0v) is 10.9. The minimum Gasteiger partial charge on any atom is -0.481 e. The minimum atomic E-state index is -0.811. The van der Waals surface area contributed by atoms with E-state index in [1.807, 2.05) is 48.8 Å². The average molecular weight is 266 g/mol. The Balaban J connectivity index is 2.04. The Hall–Kier alpha value is -2.62. The summed E-state index contributed by atoms with van der Waals surface area (Å²) in [5.74, 6) is -0.811. The first-order valence-corrected chi connectivity index (χ1v) is 6.41. The number of para-hydroxylation sites is 1. The number of rotatable bonds is 4. The predicted octanol–water partition coefficient (Wildman–Crippen LogP) is 2.71. The molecule has 0 aliphatic heterocycles. The second kappa shape index (κ2) is 5.17. The molecule has 0 atom stereocenters. The van der Waals surface area contributed by atoms with Crippen LogP contribution >= 0.6 is 0 Å². The van der Waals surface area contributed by atoms with Gasteiger partial charge in [0.2, 0.25) is 0 Å². The van der Waals surface area contributed by atoms with Gasteiger partial charge in [-0.15, -0.1) is 0 Å². The molecule has 20 heavy (non-hydrogen) atoms. The summed E-state index contributed by atoms with van der Waals surface area (Å²) in [4.78, 5) is 15.1. The molecule has 4 nitrogen and oxygen atoms in total. The highest BCUT2D eigenvalue weighted by Crippen LogP contribution is 2.22. The molecule has 3 aromatic rings. The first kappa shape index (κ1) is 12.4. The zero-order chi connectivity index (χ0) is 13.9. The van der Waals surface area contributed by atoms with Crippen molar-refractivity contribution in [2.45, 2.75) is 13.0 Å². The van der Waals surface area contributed by atoms with Gasteiger partial charge in [-0.05, 0) is 23.3 Å². The lowest BCUT2D eigenvalue weighted by atomic mass is 10.1. The zero-order valence-electron chi connectivity index (χ0n) is 10.9. The van der Waals surface area contributed by atoms with E-state index in [2.05, 4.69) is 9.55 Å². The van der Waals surface area contributed by atoms with Gasteiger partial charge in [0.25, 0.3) is 0 Å². The van der Waals surface area contributed by atoms with Crippen molar-refractivity contribution in [1.29, 1.82) is 0 Å². The number of carboxylic acid groups (broad SMARTS) is 1. The third-order valence-electron chi connectivity index (χ3n) is 3.29. The van der Waals surface area contributed by atoms with Crippen molar-refractivity contribution in [3.8, 4) is 0 Å². The summed E-state index contributed by atoms with van der Waals surface area (Å²) in [6.07, 6.45) is 5.53. The highest BCUT2D eigenvalue weighted by atomic mass is 16.4. The Kier molecular flexibility index (Phi) is 3.21. The number of aromatic nitrogens is 2. The number of hydrogen-bond donors (Lipinski definition) is 1. The van der Waals surface area contributed by atoms with Crippen molar-refractivity contribution in [2.24, 2.45) is 0 Å². The molecule has 0 radical (unpaired) electrons. The normalized spacial score (nSPS) is 10.8. The average Bonchev–Trinajstić information content (AvgIpc) is 2.78. The maximum absolute atomic E-state index is 11.0. The van der Waals surface area contributed by atoms with E-state index >= 15 is 0 Å². The summed E-state index contributed by atoms with van der Waals surface area (Å²) in [6.45, 7) is 0.688. The minimum absolute atomic E-state index is 0.0422. The smallest absolute Gasteiger partial charge is 0.307 e. The summed E-state index contributed by atoms with van der Waals surface area (Å²) < 4.78 is 2.07. The van der Waals surface area contributed by atoms with Crippen molar-refractivity contribution in [3.63, 3.8) is 0 Å². The number of nitrogens with zero attached hydrogens (tertiary/aromatic N) is 2. The Morgan fingerprint density at radius 2 is 2.05 bits per heavy atom. The fourth-order valence-corrected chi connectivity index (χ4v) is 2.45. The third kappa shape index (κ3) is 2.40. The molecule has 0 saturated carbocycles. The molecule has 0 fully saturated rings. The van der Waals surface area contributed by atoms with Crippen LogP contribution in [-0.2, 0) is 17.8 Å². The van der Waals surface area contributed by atoms with Crippen LogP contribution in [-0.4, -0.2) is 20.6 Å². The molecule has 2 heterocycles. The molecule has 1 aromatic carbocycles. The monoisotopic (exact) mass is 266 g/mol. The van der Waals surface area contributed by atoms with E-state index in [0.29, 0.717) is 6.54 Å². The van der Waals surface area contributed by atoms with Gasteiger partial charge in [-0.1, -0.05) is 24.3 Å². The fourth-order valence-electron chi connectivity index (χ4n) is 2.45. The van der Waals surface area contributed by atoms with E-state index in [1.165, 1.54) is 0 Å². The van der Waals surface area contributed by atoms with Crippen molar-refractivity contribution in [1.82, 2.24) is 9.55 Å². The maximum Gasteiger partial charge on any atom is 0.307 e. The van der Waals surface area contributed by atoms with Gasteiger partial charge < -0.3 is 9.67 Å². The SMILES string of the molecule is O=C(O)Cc1cn(Cc2cccnc2)c2ccccc12. The first-order valence-electron chi connectivity index (χ1n) is 6.41. The van der Waals surface area contributed by atoms with Crippen LogP contribution in [0.15, 0.2) is 55.0 Å². The molecule has 0 aliphatic rings. The largest absolute Gasteiger partial charge is 0.481 e. The molecule has 0 saturated heterocycles. The number of hydrogen-bond acceptors (Lipinski definition) is 2. The van der Waals surface area contributed by atoms with Crippen molar-refractivity contribution in [3.05, 3.63) is 66.1 Å². The van der Waals surface area contributed by atoms with E-state index in [0.717, 1.165) is 22.0 Å². The van der Waals surface area contributed by atoms with Crippen LogP contribution in [0.25, 0.3) is 10.9 Å². The van der Waals surface area contributed by atoms with Crippen molar-refractivity contribution in [2.75, 3.05) is 0 Å². The lowest BCUT2D eigenvalue weighted by Crippen LogP contribution is -2.00. The van der Waals surface area contributed by atoms with Gasteiger partial charge in [-0.25, -0.2) is 0 Å². The van der Waals surface area contributed by atoms with Crippen LogP contribution in [0.2, 0.25) is 0 Å². The third-order valence-corrected chi connectivity index (χ3v) is 3.29. The number of carboxylic acids is 1. The van der Waals surface area contributed by atoms with Crippen molar-refractivity contribution < 1.29 is 9.90 Å². The first-order chi connectivity index (χ1) is 9.74. The van der Waals surface area contributed by atoms with Crippen LogP contribution in [0.3, 0.4) is 0 Å². The molecule has 0 unspecified atom stereocenters. The molecule has 100 valence electrons. The number of benzene rings is 1. The van der Waals surface area contributed by atoms with E-state index < -0.39 is 5.97 Å². The Labute approximate surface area is 116 Å². The fraction of sp³-hybridized carbons (Fsp3) is 0.125. The van der Waals surface area contributed by atoms with Gasteiger partial charge in [0, 0.05) is 36.0 Å². The van der Waals surface area contributed by atoms with Gasteiger partial charge in [0.05, 0.1) is 6.42 Å². The topological polar surface area (TPSA) is 55.1 Å². The van der Waals surface area contributed by atoms with E-state index in [9.17, 15) is 4.79 Å². The molecular formula is C16H14N2O2. The summed E-state index contributed by atoms with van der Waals surface area (Å²) in [7, 11) is 0. The quantitative estimate of drug-likeness (QED) is 0.790. The van der Waals surface area contributed by atoms with Gasteiger partial charge in [-0.2, -0.15) is 0 Å². The molecule has 1 N–H and O–H groups in total. The highest BCUT2D eigenvalue weighted by Gasteiger charge is 2.11. The van der Waals surface area contributed by atoms with Gasteiger partial charge in [0.15, 0.2) is 0 Å². The molecule has 0 aliphatic carbocycles. The molecule has 3 rings (SSSR count). The van der Waals surface area contributed by atoms with Crippen LogP contribution < -0.4 is 0 Å². The number of aliphatic carboxylic acids is 1. The van der Waals surface area contributed by atoms with E-state index in [-0.39, 0.29) is 6.42 Å². The second-order valence-electron chi connectivity index (χ2n) is 4.73. The summed E-state index contributed by atoms with van der Waals surface area (Å²) in [6, 6.07) is 11.8. The molecule has 0 spiro atoms. The molecule has 0 amide bonds. The van der Waals surface area contributed by atoms with Crippen LogP contribution in [0, 0.1) is 0 Å². The second-order valence-corrected chi connectivity index (χ2v) is 4.73. The molecule has 0 bridgehead atoms. The van der Waals surface area contributed by atoms with Crippen LogP contribution in [0.4, 0.5) is 0 Å². The summed E-state index contributed by atoms with van der Waals surface area (Å²) >= 11 is 0.